The second-order valence-electron chi connectivity index (χ2n) is 9.19. The van der Waals surface area contributed by atoms with Crippen molar-refractivity contribution in [1.29, 1.82) is 0 Å². The summed E-state index contributed by atoms with van der Waals surface area (Å²) in [5.41, 5.74) is -0.705. The van der Waals surface area contributed by atoms with Gasteiger partial charge < -0.3 is 19.3 Å². The number of hydrogen-bond donors (Lipinski definition) is 0. The maximum absolute atomic E-state index is 13.2. The number of fused-ring (bicyclic) bond motifs is 1. The zero-order valence-corrected chi connectivity index (χ0v) is 22.9. The van der Waals surface area contributed by atoms with Gasteiger partial charge in [0.05, 0.1) is 40.4 Å². The molecule has 2 aliphatic heterocycles. The fourth-order valence-electron chi connectivity index (χ4n) is 4.46. The monoisotopic (exact) mass is 598 g/mol. The third-order valence-electron chi connectivity index (χ3n) is 6.61. The number of benzene rings is 2. The summed E-state index contributed by atoms with van der Waals surface area (Å²) in [5.74, 6) is -0.324. The zero-order valence-electron chi connectivity index (χ0n) is 21.3. The molecule has 0 N–H and O–H groups in total. The summed E-state index contributed by atoms with van der Waals surface area (Å²) in [6.07, 6.45) is -5.43. The van der Waals surface area contributed by atoms with Crippen LogP contribution in [0, 0.1) is 0 Å². The van der Waals surface area contributed by atoms with Gasteiger partial charge in [0.1, 0.15) is 6.10 Å². The number of carbonyl (C=O) groups is 2. The lowest BCUT2D eigenvalue weighted by Gasteiger charge is -2.38. The standard InChI is InChI=1S/C25H25F3N4O6S2/c1-2-37-24(34)30-10-12-32(13-11-30)40(35,36)18-8-6-16(7-9-18)22(33)31-14-17(15-31)38-23-29-21-19(25(26,27)28)4-3-5-20(21)39-23/h3-9,17H,2,10-15H2,1H3. The van der Waals surface area contributed by atoms with Crippen molar-refractivity contribution in [3.8, 4) is 5.19 Å². The molecule has 0 saturated carbocycles. The Balaban J connectivity index is 1.16. The molecular formula is C25H25F3N4O6S2. The van der Waals surface area contributed by atoms with Gasteiger partial charge in [0.2, 0.25) is 10.0 Å². The van der Waals surface area contributed by atoms with Crippen LogP contribution in [0.1, 0.15) is 22.8 Å². The minimum absolute atomic E-state index is 0.0347. The molecule has 1 aromatic heterocycles. The quantitative estimate of drug-likeness (QED) is 0.426. The molecule has 3 heterocycles. The van der Waals surface area contributed by atoms with Crippen LogP contribution in [-0.4, -0.2) is 91.5 Å². The van der Waals surface area contributed by atoms with Crippen LogP contribution in [0.15, 0.2) is 47.4 Å². The van der Waals surface area contributed by atoms with Gasteiger partial charge in [-0.1, -0.05) is 17.4 Å². The van der Waals surface area contributed by atoms with Gasteiger partial charge in [-0.25, -0.2) is 18.2 Å². The van der Waals surface area contributed by atoms with E-state index in [4.69, 9.17) is 9.47 Å². The first-order valence-corrected chi connectivity index (χ1v) is 14.7. The first-order valence-electron chi connectivity index (χ1n) is 12.4. The molecular weight excluding hydrogens is 573 g/mol. The number of nitrogens with zero attached hydrogens (tertiary/aromatic N) is 4. The number of ether oxygens (including phenoxy) is 2. The smallest absolute Gasteiger partial charge is 0.418 e. The average Bonchev–Trinajstić information content (AvgIpc) is 3.32. The summed E-state index contributed by atoms with van der Waals surface area (Å²) < 4.78 is 78.1. The van der Waals surface area contributed by atoms with E-state index in [1.807, 2.05) is 0 Å². The molecule has 0 unspecified atom stereocenters. The zero-order chi connectivity index (χ0) is 28.7. The number of hydrogen-bond acceptors (Lipinski definition) is 8. The molecule has 5 rings (SSSR count). The first kappa shape index (κ1) is 28.1. The van der Waals surface area contributed by atoms with Crippen molar-refractivity contribution < 1.29 is 40.7 Å². The van der Waals surface area contributed by atoms with Crippen LogP contribution in [0.2, 0.25) is 0 Å². The van der Waals surface area contributed by atoms with Crippen LogP contribution >= 0.6 is 11.3 Å². The SMILES string of the molecule is CCOC(=O)N1CCN(S(=O)(=O)c2ccc(C(=O)N3CC(Oc4nc5c(C(F)(F)F)cccc5s4)C3)cc2)CC1. The Morgan fingerprint density at radius 3 is 2.33 bits per heavy atom. The Morgan fingerprint density at radius 1 is 1.02 bits per heavy atom. The number of para-hydroxylation sites is 1. The van der Waals surface area contributed by atoms with Gasteiger partial charge in [0.15, 0.2) is 0 Å². The van der Waals surface area contributed by atoms with Crippen LogP contribution in [0.5, 0.6) is 5.19 Å². The first-order chi connectivity index (χ1) is 19.0. The van der Waals surface area contributed by atoms with Crippen LogP contribution in [0.25, 0.3) is 10.2 Å². The second-order valence-corrected chi connectivity index (χ2v) is 12.1. The Kier molecular flexibility index (Phi) is 7.63. The van der Waals surface area contributed by atoms with Crippen LogP contribution in [0.3, 0.4) is 0 Å². The summed E-state index contributed by atoms with van der Waals surface area (Å²) in [5, 5.41) is 0.0986. The molecule has 2 saturated heterocycles. The predicted octanol–water partition coefficient (Wildman–Crippen LogP) is 3.68. The number of likely N-dealkylation sites (tertiary alicyclic amines) is 1. The topological polar surface area (TPSA) is 109 Å². The van der Waals surface area contributed by atoms with Gasteiger partial charge in [-0.05, 0) is 43.3 Å². The van der Waals surface area contributed by atoms with Gasteiger partial charge in [-0.2, -0.15) is 17.5 Å². The number of carbonyl (C=O) groups excluding carboxylic acids is 2. The summed E-state index contributed by atoms with van der Waals surface area (Å²) >= 11 is 1.01. The van der Waals surface area contributed by atoms with E-state index in [2.05, 4.69) is 4.98 Å². The maximum atomic E-state index is 13.2. The number of alkyl halides is 3. The number of sulfonamides is 1. The summed E-state index contributed by atoms with van der Waals surface area (Å²) in [6, 6.07) is 9.44. The molecule has 0 aliphatic carbocycles. The van der Waals surface area contributed by atoms with E-state index < -0.39 is 34.0 Å². The molecule has 3 aromatic rings. The molecule has 15 heteroatoms. The number of rotatable bonds is 6. The maximum Gasteiger partial charge on any atom is 0.418 e. The number of amides is 2. The fourth-order valence-corrected chi connectivity index (χ4v) is 6.79. The van der Waals surface area contributed by atoms with Crippen LogP contribution < -0.4 is 4.74 Å². The van der Waals surface area contributed by atoms with E-state index in [9.17, 15) is 31.2 Å². The van der Waals surface area contributed by atoms with Crippen molar-refractivity contribution in [2.75, 3.05) is 45.9 Å². The third kappa shape index (κ3) is 5.58. The van der Waals surface area contributed by atoms with Crippen molar-refractivity contribution >= 4 is 43.6 Å². The fraction of sp³-hybridized carbons (Fsp3) is 0.400. The Morgan fingerprint density at radius 2 is 1.70 bits per heavy atom. The minimum atomic E-state index is -4.53. The highest BCUT2D eigenvalue weighted by Gasteiger charge is 2.36. The molecule has 2 aliphatic rings. The van der Waals surface area contributed by atoms with E-state index in [0.29, 0.717) is 10.3 Å². The summed E-state index contributed by atoms with van der Waals surface area (Å²) in [6.45, 7) is 3.05. The van der Waals surface area contributed by atoms with Crippen molar-refractivity contribution in [2.45, 2.75) is 24.1 Å². The van der Waals surface area contributed by atoms with E-state index in [1.165, 1.54) is 44.4 Å². The van der Waals surface area contributed by atoms with Crippen LogP contribution in [0.4, 0.5) is 18.0 Å². The van der Waals surface area contributed by atoms with Crippen molar-refractivity contribution in [3.63, 3.8) is 0 Å². The van der Waals surface area contributed by atoms with Crippen molar-refractivity contribution in [3.05, 3.63) is 53.6 Å². The highest BCUT2D eigenvalue weighted by atomic mass is 32.2. The highest BCUT2D eigenvalue weighted by molar-refractivity contribution is 7.89. The molecule has 0 spiro atoms. The number of aromatic nitrogens is 1. The molecule has 0 radical (unpaired) electrons. The van der Waals surface area contributed by atoms with Gasteiger partial charge in [0, 0.05) is 31.7 Å². The Bertz CT molecular complexity index is 1510. The van der Waals surface area contributed by atoms with E-state index in [1.54, 1.807) is 13.0 Å². The van der Waals surface area contributed by atoms with Crippen molar-refractivity contribution in [2.24, 2.45) is 0 Å². The lowest BCUT2D eigenvalue weighted by Crippen LogP contribution is -2.56. The molecule has 0 bridgehead atoms. The molecule has 214 valence electrons. The molecule has 2 amide bonds. The van der Waals surface area contributed by atoms with E-state index in [-0.39, 0.29) is 67.4 Å². The lowest BCUT2D eigenvalue weighted by molar-refractivity contribution is -0.136. The summed E-state index contributed by atoms with van der Waals surface area (Å²) in [7, 11) is -3.81. The average molecular weight is 599 g/mol. The van der Waals surface area contributed by atoms with E-state index >= 15 is 0 Å². The number of halogens is 3. The Hall–Kier alpha value is -3.43. The third-order valence-corrected chi connectivity index (χ3v) is 9.44. The van der Waals surface area contributed by atoms with Gasteiger partial charge in [0.25, 0.3) is 11.1 Å². The molecule has 0 atom stereocenters. The van der Waals surface area contributed by atoms with Crippen LogP contribution in [-0.2, 0) is 20.9 Å². The van der Waals surface area contributed by atoms with Gasteiger partial charge in [-0.3, -0.25) is 4.79 Å². The highest BCUT2D eigenvalue weighted by Crippen LogP contribution is 2.38. The lowest BCUT2D eigenvalue weighted by atomic mass is 10.1. The minimum Gasteiger partial charge on any atom is -0.463 e. The summed E-state index contributed by atoms with van der Waals surface area (Å²) in [4.78, 5) is 31.7. The molecule has 40 heavy (non-hydrogen) atoms. The van der Waals surface area contributed by atoms with Gasteiger partial charge >= 0.3 is 12.3 Å². The molecule has 10 nitrogen and oxygen atoms in total. The molecule has 2 aromatic carbocycles. The largest absolute Gasteiger partial charge is 0.463 e. The number of thiazole rings is 1. The Labute approximate surface area is 231 Å². The second kappa shape index (κ2) is 10.9. The molecule has 2 fully saturated rings. The number of piperazine rings is 1. The van der Waals surface area contributed by atoms with Crippen molar-refractivity contribution in [1.82, 2.24) is 19.1 Å². The van der Waals surface area contributed by atoms with E-state index in [0.717, 1.165) is 17.4 Å². The van der Waals surface area contributed by atoms with Gasteiger partial charge in [-0.15, -0.1) is 0 Å². The normalized spacial score (nSPS) is 17.1. The predicted molar refractivity (Wildman–Crippen MR) is 139 cm³/mol.